The summed E-state index contributed by atoms with van der Waals surface area (Å²) in [7, 11) is 0. The van der Waals surface area contributed by atoms with Crippen LogP contribution in [0.5, 0.6) is 0 Å². The number of hydrogen-bond acceptors (Lipinski definition) is 3. The maximum absolute atomic E-state index is 10.6. The lowest BCUT2D eigenvalue weighted by atomic mass is 9.68. The molecule has 3 N–H and O–H groups in total. The zero-order chi connectivity index (χ0) is 10.2. The van der Waals surface area contributed by atoms with Crippen molar-refractivity contribution in [3.8, 4) is 0 Å². The Hall–Kier alpha value is -0.120. The number of ether oxygens (including phenoxy) is 1. The van der Waals surface area contributed by atoms with Crippen molar-refractivity contribution in [2.24, 2.45) is 11.7 Å². The Kier molecular flexibility index (Phi) is 2.58. The Morgan fingerprint density at radius 2 is 2.21 bits per heavy atom. The first-order chi connectivity index (χ1) is 6.56. The molecule has 1 saturated carbocycles. The highest BCUT2D eigenvalue weighted by molar-refractivity contribution is 5.07. The summed E-state index contributed by atoms with van der Waals surface area (Å²) in [5.74, 6) is 0.592. The highest BCUT2D eigenvalue weighted by Gasteiger charge is 2.51. The maximum Gasteiger partial charge on any atom is 0.0852 e. The maximum atomic E-state index is 10.6. The molecule has 0 aromatic carbocycles. The molecule has 0 aromatic heterocycles. The fraction of sp³-hybridized carbons (Fsp3) is 1.00. The van der Waals surface area contributed by atoms with E-state index in [1.165, 1.54) is 6.42 Å². The van der Waals surface area contributed by atoms with Gasteiger partial charge in [-0.1, -0.05) is 19.8 Å². The van der Waals surface area contributed by atoms with Crippen molar-refractivity contribution in [3.05, 3.63) is 0 Å². The molecule has 1 aliphatic heterocycles. The second kappa shape index (κ2) is 3.47. The van der Waals surface area contributed by atoms with E-state index < -0.39 is 11.1 Å². The van der Waals surface area contributed by atoms with Crippen molar-refractivity contribution in [3.63, 3.8) is 0 Å². The number of rotatable bonds is 1. The first-order valence-electron chi connectivity index (χ1n) is 5.65. The predicted octanol–water partition coefficient (Wildman–Crippen LogP) is 1.05. The Labute approximate surface area is 85.6 Å². The van der Waals surface area contributed by atoms with E-state index in [1.807, 2.05) is 0 Å². The minimum absolute atomic E-state index is 0.484. The molecule has 82 valence electrons. The fourth-order valence-corrected chi connectivity index (χ4v) is 2.92. The van der Waals surface area contributed by atoms with Crippen molar-refractivity contribution in [2.75, 3.05) is 13.2 Å². The molecule has 3 unspecified atom stereocenters. The Morgan fingerprint density at radius 3 is 2.79 bits per heavy atom. The summed E-state index contributed by atoms with van der Waals surface area (Å²) in [6, 6.07) is 0. The van der Waals surface area contributed by atoms with Crippen molar-refractivity contribution < 1.29 is 9.84 Å². The average molecular weight is 199 g/mol. The number of hydrogen-bond donors (Lipinski definition) is 2. The summed E-state index contributed by atoms with van der Waals surface area (Å²) in [6.07, 6.45) is 4.80. The van der Waals surface area contributed by atoms with Crippen LogP contribution in [0.2, 0.25) is 0 Å². The molecule has 2 rings (SSSR count). The zero-order valence-corrected chi connectivity index (χ0v) is 8.96. The van der Waals surface area contributed by atoms with Gasteiger partial charge in [0.1, 0.15) is 0 Å². The molecule has 0 amide bonds. The monoisotopic (exact) mass is 199 g/mol. The molecule has 1 aliphatic carbocycles. The molecule has 2 aliphatic rings. The van der Waals surface area contributed by atoms with E-state index >= 15 is 0 Å². The minimum Gasteiger partial charge on any atom is -0.388 e. The van der Waals surface area contributed by atoms with Gasteiger partial charge >= 0.3 is 0 Å². The molecule has 14 heavy (non-hydrogen) atoms. The predicted molar refractivity (Wildman–Crippen MR) is 54.9 cm³/mol. The van der Waals surface area contributed by atoms with E-state index in [0.29, 0.717) is 19.1 Å². The van der Waals surface area contributed by atoms with E-state index in [0.717, 1.165) is 25.7 Å². The molecule has 0 aromatic rings. The molecule has 3 nitrogen and oxygen atoms in total. The van der Waals surface area contributed by atoms with Gasteiger partial charge < -0.3 is 15.6 Å². The molecule has 1 saturated heterocycles. The van der Waals surface area contributed by atoms with Gasteiger partial charge in [0.05, 0.1) is 17.7 Å². The van der Waals surface area contributed by atoms with Crippen molar-refractivity contribution >= 4 is 0 Å². The van der Waals surface area contributed by atoms with Crippen LogP contribution in [0.1, 0.15) is 39.0 Å². The first-order valence-corrected chi connectivity index (χ1v) is 5.65. The van der Waals surface area contributed by atoms with Gasteiger partial charge in [0, 0.05) is 6.61 Å². The molecule has 0 radical (unpaired) electrons. The Balaban J connectivity index is 2.13. The number of aliphatic hydroxyl groups is 1. The van der Waals surface area contributed by atoms with Gasteiger partial charge in [-0.05, 0) is 25.2 Å². The van der Waals surface area contributed by atoms with Crippen LogP contribution < -0.4 is 5.73 Å². The van der Waals surface area contributed by atoms with Crippen LogP contribution in [0, 0.1) is 5.92 Å². The highest BCUT2D eigenvalue weighted by Crippen LogP contribution is 2.41. The highest BCUT2D eigenvalue weighted by atomic mass is 16.5. The van der Waals surface area contributed by atoms with Gasteiger partial charge in [0.15, 0.2) is 0 Å². The van der Waals surface area contributed by atoms with E-state index in [1.54, 1.807) is 0 Å². The third kappa shape index (κ3) is 1.58. The summed E-state index contributed by atoms with van der Waals surface area (Å²) in [6.45, 7) is 3.42. The molecule has 0 bridgehead atoms. The zero-order valence-electron chi connectivity index (χ0n) is 8.96. The van der Waals surface area contributed by atoms with Crippen LogP contribution in [0.3, 0.4) is 0 Å². The first kappa shape index (κ1) is 10.4. The largest absolute Gasteiger partial charge is 0.388 e. The van der Waals surface area contributed by atoms with Crippen LogP contribution >= 0.6 is 0 Å². The van der Waals surface area contributed by atoms with Gasteiger partial charge in [-0.3, -0.25) is 0 Å². The third-order valence-electron chi connectivity index (χ3n) is 3.95. The number of nitrogens with two attached hydrogens (primary N) is 1. The van der Waals surface area contributed by atoms with Crippen LogP contribution in [-0.2, 0) is 4.74 Å². The Bertz CT molecular complexity index is 213. The van der Waals surface area contributed by atoms with Crippen LogP contribution in [0.4, 0.5) is 0 Å². The molecule has 3 heteroatoms. The summed E-state index contributed by atoms with van der Waals surface area (Å²) < 4.78 is 5.33. The molecular weight excluding hydrogens is 178 g/mol. The van der Waals surface area contributed by atoms with Crippen molar-refractivity contribution in [1.82, 2.24) is 0 Å². The second-order valence-electron chi connectivity index (χ2n) is 5.19. The summed E-state index contributed by atoms with van der Waals surface area (Å²) in [5, 5.41) is 10.6. The van der Waals surface area contributed by atoms with Crippen LogP contribution in [-0.4, -0.2) is 29.5 Å². The standard InChI is InChI=1S/C11H21NO2/c1-9-3-2-4-11(13,7-9)10(12)5-6-14-8-10/h9,13H,2-8,12H2,1H3. The molecular formula is C11H21NO2. The summed E-state index contributed by atoms with van der Waals surface area (Å²) in [5.41, 5.74) is 5.09. The SMILES string of the molecule is CC1CCCC(O)(C2(N)CCOC2)C1. The van der Waals surface area contributed by atoms with E-state index in [4.69, 9.17) is 10.5 Å². The van der Waals surface area contributed by atoms with E-state index in [9.17, 15) is 5.11 Å². The van der Waals surface area contributed by atoms with Crippen LogP contribution in [0.25, 0.3) is 0 Å². The van der Waals surface area contributed by atoms with Crippen LogP contribution in [0.15, 0.2) is 0 Å². The van der Waals surface area contributed by atoms with Gasteiger partial charge in [-0.25, -0.2) is 0 Å². The minimum atomic E-state index is -0.679. The summed E-state index contributed by atoms with van der Waals surface area (Å²) in [4.78, 5) is 0. The lowest BCUT2D eigenvalue weighted by Gasteiger charge is -2.45. The second-order valence-corrected chi connectivity index (χ2v) is 5.19. The quantitative estimate of drug-likeness (QED) is 0.663. The molecule has 0 spiro atoms. The van der Waals surface area contributed by atoms with E-state index in [-0.39, 0.29) is 0 Å². The lowest BCUT2D eigenvalue weighted by Crippen LogP contribution is -2.62. The topological polar surface area (TPSA) is 55.5 Å². The normalized spacial score (nSPS) is 49.5. The molecule has 1 heterocycles. The molecule has 2 fully saturated rings. The van der Waals surface area contributed by atoms with Gasteiger partial charge in [0.2, 0.25) is 0 Å². The fourth-order valence-electron chi connectivity index (χ4n) is 2.92. The van der Waals surface area contributed by atoms with E-state index in [2.05, 4.69) is 6.92 Å². The Morgan fingerprint density at radius 1 is 1.43 bits per heavy atom. The average Bonchev–Trinajstić information content (AvgIpc) is 2.53. The van der Waals surface area contributed by atoms with Crippen molar-refractivity contribution in [1.29, 1.82) is 0 Å². The van der Waals surface area contributed by atoms with Gasteiger partial charge in [-0.2, -0.15) is 0 Å². The van der Waals surface area contributed by atoms with Crippen molar-refractivity contribution in [2.45, 2.75) is 50.2 Å². The third-order valence-corrected chi connectivity index (χ3v) is 3.95. The lowest BCUT2D eigenvalue weighted by molar-refractivity contribution is -0.0783. The van der Waals surface area contributed by atoms with Gasteiger partial charge in [-0.15, -0.1) is 0 Å². The summed E-state index contributed by atoms with van der Waals surface area (Å²) >= 11 is 0. The molecule has 3 atom stereocenters. The van der Waals surface area contributed by atoms with Gasteiger partial charge in [0.25, 0.3) is 0 Å². The smallest absolute Gasteiger partial charge is 0.0852 e.